The van der Waals surface area contributed by atoms with E-state index in [0.717, 1.165) is 0 Å². The molecule has 36 heavy (non-hydrogen) atoms. The summed E-state index contributed by atoms with van der Waals surface area (Å²) in [6.45, 7) is 16.6. The van der Waals surface area contributed by atoms with Crippen molar-refractivity contribution in [2.24, 2.45) is 11.8 Å². The number of hydrogen-bond donors (Lipinski definition) is 1. The molecule has 8 heteroatoms. The van der Waals surface area contributed by atoms with Crippen molar-refractivity contribution in [2.75, 3.05) is 0 Å². The molecule has 2 aromatic heterocycles. The van der Waals surface area contributed by atoms with Crippen molar-refractivity contribution in [1.29, 1.82) is 0 Å². The van der Waals surface area contributed by atoms with E-state index in [4.69, 9.17) is 13.6 Å². The predicted octanol–water partition coefficient (Wildman–Crippen LogP) is 5.61. The zero-order valence-corrected chi connectivity index (χ0v) is 23.7. The fourth-order valence-corrected chi connectivity index (χ4v) is 6.56. The maximum Gasteiger partial charge on any atom is 0.351 e. The Morgan fingerprint density at radius 2 is 1.92 bits per heavy atom. The smallest absolute Gasteiger partial charge is 0.351 e. The number of fused-ring (bicyclic) bond motifs is 2. The summed E-state index contributed by atoms with van der Waals surface area (Å²) in [5.74, 6) is -0.593. The zero-order chi connectivity index (χ0) is 26.7. The highest BCUT2D eigenvalue weighted by Gasteiger charge is 2.60. The highest BCUT2D eigenvalue weighted by atomic mass is 28.4. The van der Waals surface area contributed by atoms with Crippen LogP contribution in [0.25, 0.3) is 11.3 Å². The van der Waals surface area contributed by atoms with Crippen LogP contribution in [0.3, 0.4) is 0 Å². The number of pyridine rings is 1. The third-order valence-corrected chi connectivity index (χ3v) is 13.4. The molecule has 1 fully saturated rings. The van der Waals surface area contributed by atoms with E-state index < -0.39 is 37.2 Å². The molecular formula is C28H39NO6Si. The van der Waals surface area contributed by atoms with E-state index in [1.54, 1.807) is 30.6 Å². The molecule has 0 aromatic carbocycles. The lowest BCUT2D eigenvalue weighted by atomic mass is 9.62. The maximum atomic E-state index is 13.9. The number of ether oxygens (including phenoxy) is 1. The summed E-state index contributed by atoms with van der Waals surface area (Å²) in [4.78, 5) is 31.1. The first-order valence-electron chi connectivity index (χ1n) is 12.8. The summed E-state index contributed by atoms with van der Waals surface area (Å²) in [5, 5.41) is 11.2. The Morgan fingerprint density at radius 3 is 2.50 bits per heavy atom. The van der Waals surface area contributed by atoms with Crippen molar-refractivity contribution in [1.82, 2.24) is 4.98 Å². The molecule has 196 valence electrons. The van der Waals surface area contributed by atoms with Crippen molar-refractivity contribution < 1.29 is 23.5 Å². The van der Waals surface area contributed by atoms with Crippen molar-refractivity contribution in [3.8, 4) is 17.1 Å². The standard InChI is InChI=1S/C28H39NO6Si/c1-9-27(5,32)18-13-19-24(30)23-21(15-20(33-25(23)31)17-11-10-12-29-16-17)34-28(19,6)22(14-18)35-36(7,8)26(2,3)4/h10-12,15-16,18-19,22,32H,9,13-14H2,1-8H3/t18-,19-,22-,27?,28-/m0/s1. The van der Waals surface area contributed by atoms with Crippen LogP contribution in [-0.4, -0.2) is 41.5 Å². The van der Waals surface area contributed by atoms with E-state index in [-0.39, 0.29) is 28.1 Å². The van der Waals surface area contributed by atoms with Crippen molar-refractivity contribution >= 4 is 14.1 Å². The minimum atomic E-state index is -2.26. The lowest BCUT2D eigenvalue weighted by molar-refractivity contribution is -0.137. The molecule has 2 aromatic rings. The third-order valence-electron chi connectivity index (χ3n) is 8.94. The second kappa shape index (κ2) is 8.92. The Labute approximate surface area is 214 Å². The van der Waals surface area contributed by atoms with Crippen LogP contribution in [-0.2, 0) is 4.43 Å². The van der Waals surface area contributed by atoms with E-state index in [9.17, 15) is 14.7 Å². The van der Waals surface area contributed by atoms with Crippen LogP contribution in [0, 0.1) is 11.8 Å². The van der Waals surface area contributed by atoms with E-state index in [0.29, 0.717) is 30.6 Å². The highest BCUT2D eigenvalue weighted by molar-refractivity contribution is 6.74. The quantitative estimate of drug-likeness (QED) is 0.519. The van der Waals surface area contributed by atoms with Gasteiger partial charge in [-0.1, -0.05) is 27.7 Å². The van der Waals surface area contributed by atoms with E-state index >= 15 is 0 Å². The van der Waals surface area contributed by atoms with Crippen LogP contribution in [0.4, 0.5) is 0 Å². The van der Waals surface area contributed by atoms with Crippen LogP contribution < -0.4 is 10.4 Å². The molecule has 3 heterocycles. The first-order valence-corrected chi connectivity index (χ1v) is 15.7. The van der Waals surface area contributed by atoms with Crippen LogP contribution in [0.5, 0.6) is 5.75 Å². The SMILES string of the molecule is CCC(C)(O)[C@@H]1C[C@H](O[Si](C)(C)C(C)(C)C)[C@@]2(C)Oc3cc(-c4cccnc4)oc(=O)c3C(=O)[C@@H]2C1. The molecule has 7 nitrogen and oxygen atoms in total. The van der Waals surface area contributed by atoms with Gasteiger partial charge in [0.25, 0.3) is 0 Å². The van der Waals surface area contributed by atoms with Gasteiger partial charge in [-0.2, -0.15) is 0 Å². The van der Waals surface area contributed by atoms with Gasteiger partial charge in [-0.15, -0.1) is 0 Å². The highest BCUT2D eigenvalue weighted by Crippen LogP contribution is 2.52. The van der Waals surface area contributed by atoms with Gasteiger partial charge in [-0.25, -0.2) is 4.79 Å². The van der Waals surface area contributed by atoms with Crippen molar-refractivity contribution in [3.63, 3.8) is 0 Å². The number of nitrogens with zero attached hydrogens (tertiary/aromatic N) is 1. The van der Waals surface area contributed by atoms with Crippen molar-refractivity contribution in [3.05, 3.63) is 46.6 Å². The first-order chi connectivity index (χ1) is 16.6. The molecule has 1 N–H and O–H groups in total. The van der Waals surface area contributed by atoms with Gasteiger partial charge in [-0.05, 0) is 69.3 Å². The molecular weight excluding hydrogens is 474 g/mol. The van der Waals surface area contributed by atoms with Crippen LogP contribution in [0.1, 0.15) is 71.2 Å². The second-order valence-corrected chi connectivity index (χ2v) is 17.1. The number of hydrogen-bond acceptors (Lipinski definition) is 7. The third kappa shape index (κ3) is 4.48. The normalized spacial score (nSPS) is 28.0. The number of rotatable bonds is 5. The van der Waals surface area contributed by atoms with E-state index in [1.165, 1.54) is 0 Å². The Kier molecular flexibility index (Phi) is 6.63. The number of Topliss-reactive ketones (excluding diaryl/α,β-unsaturated/α-hetero) is 1. The summed E-state index contributed by atoms with van der Waals surface area (Å²) < 4.78 is 19.1. The van der Waals surface area contributed by atoms with Gasteiger partial charge in [0, 0.05) is 24.0 Å². The van der Waals surface area contributed by atoms with Crippen LogP contribution in [0.2, 0.25) is 18.1 Å². The molecule has 1 saturated carbocycles. The lowest BCUT2D eigenvalue weighted by Crippen LogP contribution is -2.65. The predicted molar refractivity (Wildman–Crippen MR) is 141 cm³/mol. The zero-order valence-electron chi connectivity index (χ0n) is 22.7. The molecule has 0 saturated heterocycles. The number of aromatic nitrogens is 1. The minimum absolute atomic E-state index is 0.0514. The summed E-state index contributed by atoms with van der Waals surface area (Å²) in [6.07, 6.45) is 4.35. The Balaban J connectivity index is 1.83. The maximum absolute atomic E-state index is 13.9. The lowest BCUT2D eigenvalue weighted by Gasteiger charge is -2.55. The number of aliphatic hydroxyl groups is 1. The van der Waals surface area contributed by atoms with Gasteiger partial charge in [0.15, 0.2) is 14.1 Å². The fraction of sp³-hybridized carbons (Fsp3) is 0.607. The number of carbonyl (C=O) groups is 1. The van der Waals surface area contributed by atoms with Gasteiger partial charge in [0.2, 0.25) is 0 Å². The Morgan fingerprint density at radius 1 is 1.22 bits per heavy atom. The summed E-state index contributed by atoms with van der Waals surface area (Å²) in [6, 6.07) is 5.15. The van der Waals surface area contributed by atoms with Gasteiger partial charge in [0.1, 0.15) is 22.7 Å². The largest absolute Gasteiger partial charge is 0.483 e. The molecule has 2 aliphatic rings. The Hall–Kier alpha value is -2.29. The monoisotopic (exact) mass is 513 g/mol. The van der Waals surface area contributed by atoms with Gasteiger partial charge in [-0.3, -0.25) is 9.78 Å². The molecule has 0 amide bonds. The fourth-order valence-electron chi connectivity index (χ4n) is 5.17. The molecule has 5 atom stereocenters. The van der Waals surface area contributed by atoms with Gasteiger partial charge < -0.3 is 18.7 Å². The topological polar surface area (TPSA) is 98.9 Å². The van der Waals surface area contributed by atoms with Crippen molar-refractivity contribution in [2.45, 2.75) is 96.2 Å². The summed E-state index contributed by atoms with van der Waals surface area (Å²) in [7, 11) is -2.26. The molecule has 1 aliphatic heterocycles. The van der Waals surface area contributed by atoms with E-state index in [2.05, 4.69) is 38.8 Å². The second-order valence-electron chi connectivity index (χ2n) is 12.3. The molecule has 4 rings (SSSR count). The minimum Gasteiger partial charge on any atom is -0.483 e. The summed E-state index contributed by atoms with van der Waals surface area (Å²) >= 11 is 0. The number of carbonyl (C=O) groups excluding carboxylic acids is 1. The molecule has 0 bridgehead atoms. The van der Waals surface area contributed by atoms with E-state index in [1.807, 2.05) is 20.8 Å². The summed E-state index contributed by atoms with van der Waals surface area (Å²) in [5.41, 5.74) is -2.11. The number of ketones is 1. The average molecular weight is 514 g/mol. The molecule has 0 radical (unpaired) electrons. The van der Waals surface area contributed by atoms with Crippen LogP contribution >= 0.6 is 0 Å². The molecule has 1 unspecified atom stereocenters. The van der Waals surface area contributed by atoms with Gasteiger partial charge >= 0.3 is 5.63 Å². The molecule has 0 spiro atoms. The average Bonchev–Trinajstić information content (AvgIpc) is 2.79. The van der Waals surface area contributed by atoms with Crippen LogP contribution in [0.15, 0.2) is 39.8 Å². The van der Waals surface area contributed by atoms with Gasteiger partial charge in [0.05, 0.1) is 17.6 Å². The molecule has 1 aliphatic carbocycles. The Bertz CT molecular complexity index is 1200. The first kappa shape index (κ1) is 26.8.